The maximum Gasteiger partial charge on any atom is 0.144 e. The molecule has 0 aliphatic rings. The number of ether oxygens (including phenoxy) is 1. The summed E-state index contributed by atoms with van der Waals surface area (Å²) in [6.45, 7) is 0. The topological polar surface area (TPSA) is 72.6 Å². The molecule has 2 aromatic carbocycles. The molecule has 0 amide bonds. The van der Waals surface area contributed by atoms with E-state index >= 15 is 0 Å². The van der Waals surface area contributed by atoms with E-state index in [1.807, 2.05) is 54.7 Å². The van der Waals surface area contributed by atoms with Gasteiger partial charge in [0.1, 0.15) is 11.7 Å². The number of nitrogens with one attached hydrogen (secondary N) is 1. The summed E-state index contributed by atoms with van der Waals surface area (Å²) in [5.41, 5.74) is 2.83. The number of nitrogens with zero attached hydrogens (tertiary/aromatic N) is 2. The Balaban J connectivity index is 2.20. The summed E-state index contributed by atoms with van der Waals surface area (Å²) in [6, 6.07) is 19.7. The lowest BCUT2D eigenvalue weighted by atomic mass is 9.82. The number of aromatic amines is 1. The first-order valence-electron chi connectivity index (χ1n) is 7.27. The molecule has 1 aromatic heterocycles. The second-order valence-electron chi connectivity index (χ2n) is 5.28. The molecular weight excluding hydrogens is 286 g/mol. The van der Waals surface area contributed by atoms with Crippen LogP contribution in [0.3, 0.4) is 0 Å². The van der Waals surface area contributed by atoms with Crippen molar-refractivity contribution in [1.82, 2.24) is 4.98 Å². The van der Waals surface area contributed by atoms with Gasteiger partial charge in [0.05, 0.1) is 19.2 Å². The van der Waals surface area contributed by atoms with E-state index in [4.69, 9.17) is 4.74 Å². The Morgan fingerprint density at radius 1 is 1.04 bits per heavy atom. The lowest BCUT2D eigenvalue weighted by Gasteiger charge is -2.18. The molecule has 1 heterocycles. The molecule has 0 saturated heterocycles. The van der Waals surface area contributed by atoms with Crippen molar-refractivity contribution in [1.29, 1.82) is 10.5 Å². The van der Waals surface area contributed by atoms with Gasteiger partial charge in [-0.05, 0) is 29.3 Å². The van der Waals surface area contributed by atoms with E-state index in [1.165, 1.54) is 0 Å². The van der Waals surface area contributed by atoms with Crippen LogP contribution in [0.5, 0.6) is 5.75 Å². The maximum absolute atomic E-state index is 9.44. The number of fused-ring (bicyclic) bond motifs is 1. The van der Waals surface area contributed by atoms with Crippen LogP contribution in [0.1, 0.15) is 17.0 Å². The Morgan fingerprint density at radius 3 is 2.57 bits per heavy atom. The quantitative estimate of drug-likeness (QED) is 0.792. The van der Waals surface area contributed by atoms with Gasteiger partial charge in [-0.1, -0.05) is 30.3 Å². The summed E-state index contributed by atoms with van der Waals surface area (Å²) >= 11 is 0. The van der Waals surface area contributed by atoms with Crippen LogP contribution in [-0.4, -0.2) is 12.1 Å². The molecule has 3 aromatic rings. The second-order valence-corrected chi connectivity index (χ2v) is 5.28. The minimum Gasteiger partial charge on any atom is -0.497 e. The van der Waals surface area contributed by atoms with Crippen LogP contribution in [0.25, 0.3) is 10.9 Å². The third-order valence-corrected chi connectivity index (χ3v) is 4.02. The molecule has 0 fully saturated rings. The zero-order valence-corrected chi connectivity index (χ0v) is 12.7. The van der Waals surface area contributed by atoms with Crippen molar-refractivity contribution < 1.29 is 4.74 Å². The largest absolute Gasteiger partial charge is 0.497 e. The molecule has 23 heavy (non-hydrogen) atoms. The first kappa shape index (κ1) is 14.7. The number of H-pyrrole nitrogens is 1. The highest BCUT2D eigenvalue weighted by molar-refractivity contribution is 5.84. The minimum absolute atomic E-state index is 0.337. The molecule has 0 aliphatic carbocycles. The van der Waals surface area contributed by atoms with Crippen LogP contribution in [0, 0.1) is 28.6 Å². The maximum atomic E-state index is 9.44. The number of nitriles is 2. The van der Waals surface area contributed by atoms with Gasteiger partial charge in [0.15, 0.2) is 0 Å². The first-order valence-corrected chi connectivity index (χ1v) is 7.27. The van der Waals surface area contributed by atoms with Crippen molar-refractivity contribution >= 4 is 10.9 Å². The van der Waals surface area contributed by atoms with Crippen molar-refractivity contribution in [3.8, 4) is 17.9 Å². The molecule has 0 spiro atoms. The Kier molecular flexibility index (Phi) is 3.99. The van der Waals surface area contributed by atoms with Crippen molar-refractivity contribution in [2.75, 3.05) is 7.11 Å². The van der Waals surface area contributed by atoms with Crippen LogP contribution < -0.4 is 4.74 Å². The molecule has 0 bridgehead atoms. The van der Waals surface area contributed by atoms with Gasteiger partial charge in [-0.2, -0.15) is 10.5 Å². The molecule has 4 nitrogen and oxygen atoms in total. The highest BCUT2D eigenvalue weighted by atomic mass is 16.5. The van der Waals surface area contributed by atoms with Gasteiger partial charge in [0.2, 0.25) is 0 Å². The van der Waals surface area contributed by atoms with Crippen molar-refractivity contribution in [2.45, 2.75) is 5.92 Å². The lowest BCUT2D eigenvalue weighted by molar-refractivity contribution is 0.414. The minimum atomic E-state index is -0.777. The number of aromatic nitrogens is 1. The third-order valence-electron chi connectivity index (χ3n) is 4.02. The molecular formula is C19H15N3O. The zero-order valence-electron chi connectivity index (χ0n) is 12.7. The van der Waals surface area contributed by atoms with Gasteiger partial charge >= 0.3 is 0 Å². The molecule has 0 aliphatic heterocycles. The van der Waals surface area contributed by atoms with Crippen molar-refractivity contribution in [3.63, 3.8) is 0 Å². The summed E-state index contributed by atoms with van der Waals surface area (Å²) < 4.78 is 5.28. The summed E-state index contributed by atoms with van der Waals surface area (Å²) in [5, 5.41) is 19.9. The van der Waals surface area contributed by atoms with E-state index in [9.17, 15) is 10.5 Å². The van der Waals surface area contributed by atoms with E-state index in [-0.39, 0.29) is 5.92 Å². The van der Waals surface area contributed by atoms with Crippen LogP contribution in [0.2, 0.25) is 0 Å². The first-order chi connectivity index (χ1) is 11.3. The third kappa shape index (κ3) is 2.63. The monoisotopic (exact) mass is 301 g/mol. The van der Waals surface area contributed by atoms with E-state index in [1.54, 1.807) is 7.11 Å². The van der Waals surface area contributed by atoms with Crippen LogP contribution in [0.15, 0.2) is 54.7 Å². The Hall–Kier alpha value is -3.24. The normalized spacial score (nSPS) is 11.8. The number of para-hydroxylation sites is 1. The molecule has 1 unspecified atom stereocenters. The predicted octanol–water partition coefficient (Wildman–Crippen LogP) is 3.97. The highest BCUT2D eigenvalue weighted by Crippen LogP contribution is 2.37. The van der Waals surface area contributed by atoms with Crippen LogP contribution in [0.4, 0.5) is 0 Å². The zero-order chi connectivity index (χ0) is 16.2. The number of hydrogen-bond acceptors (Lipinski definition) is 3. The Labute approximate surface area is 134 Å². The average Bonchev–Trinajstić information content (AvgIpc) is 3.03. The smallest absolute Gasteiger partial charge is 0.144 e. The van der Waals surface area contributed by atoms with Crippen LogP contribution >= 0.6 is 0 Å². The average molecular weight is 301 g/mol. The predicted molar refractivity (Wildman–Crippen MR) is 87.9 cm³/mol. The number of hydrogen-bond donors (Lipinski definition) is 1. The molecule has 1 N–H and O–H groups in total. The van der Waals surface area contributed by atoms with E-state index < -0.39 is 5.92 Å². The molecule has 4 heteroatoms. The summed E-state index contributed by atoms with van der Waals surface area (Å²) in [5.74, 6) is -0.403. The summed E-state index contributed by atoms with van der Waals surface area (Å²) in [7, 11) is 1.60. The summed E-state index contributed by atoms with van der Waals surface area (Å²) in [6.07, 6.45) is 1.89. The van der Waals surface area contributed by atoms with Crippen molar-refractivity contribution in [2.24, 2.45) is 5.92 Å². The molecule has 112 valence electrons. The van der Waals surface area contributed by atoms with Gasteiger partial charge in [-0.25, -0.2) is 0 Å². The molecule has 1 atom stereocenters. The van der Waals surface area contributed by atoms with Crippen molar-refractivity contribution in [3.05, 3.63) is 65.9 Å². The fraction of sp³-hybridized carbons (Fsp3) is 0.158. The van der Waals surface area contributed by atoms with E-state index in [2.05, 4.69) is 17.1 Å². The fourth-order valence-corrected chi connectivity index (χ4v) is 2.92. The van der Waals surface area contributed by atoms with Gasteiger partial charge < -0.3 is 9.72 Å². The highest BCUT2D eigenvalue weighted by Gasteiger charge is 2.27. The number of benzene rings is 2. The van der Waals surface area contributed by atoms with Gasteiger partial charge in [-0.3, -0.25) is 0 Å². The fourth-order valence-electron chi connectivity index (χ4n) is 2.92. The molecule has 0 radical (unpaired) electrons. The lowest BCUT2D eigenvalue weighted by Crippen LogP contribution is -2.11. The SMILES string of the molecule is COc1cccc(C(c2c[nH]c3ccccc23)C(C#N)C#N)c1. The molecule has 3 rings (SSSR count). The summed E-state index contributed by atoms with van der Waals surface area (Å²) in [4.78, 5) is 3.22. The van der Waals surface area contributed by atoms with E-state index in [0.717, 1.165) is 22.0 Å². The van der Waals surface area contributed by atoms with Gasteiger partial charge in [0, 0.05) is 23.0 Å². The van der Waals surface area contributed by atoms with Gasteiger partial charge in [-0.15, -0.1) is 0 Å². The Bertz CT molecular complexity index is 900. The van der Waals surface area contributed by atoms with E-state index in [0.29, 0.717) is 5.75 Å². The number of rotatable bonds is 4. The molecule has 0 saturated carbocycles. The van der Waals surface area contributed by atoms with Crippen LogP contribution in [-0.2, 0) is 0 Å². The standard InChI is InChI=1S/C19H15N3O/c1-23-15-6-4-5-13(9-15)19(14(10-20)11-21)17-12-22-18-8-3-2-7-16(17)18/h2-9,12,14,19,22H,1H3. The second kappa shape index (κ2) is 6.25. The van der Waals surface area contributed by atoms with Gasteiger partial charge in [0.25, 0.3) is 0 Å². The Morgan fingerprint density at radius 2 is 1.83 bits per heavy atom. The number of methoxy groups -OCH3 is 1.